The number of benzene rings is 2. The number of hydrogen-bond acceptors (Lipinski definition) is 2. The first-order chi connectivity index (χ1) is 14.0. The van der Waals surface area contributed by atoms with Crippen molar-refractivity contribution >= 4 is 11.6 Å². The fraction of sp³-hybridized carbons (Fsp3) is 0.435. The lowest BCUT2D eigenvalue weighted by Gasteiger charge is -2.31. The third-order valence-corrected chi connectivity index (χ3v) is 6.22. The van der Waals surface area contributed by atoms with Crippen LogP contribution in [0.1, 0.15) is 18.1 Å². The highest BCUT2D eigenvalue weighted by atomic mass is 19.1. The fourth-order valence-electron chi connectivity index (χ4n) is 4.71. The minimum atomic E-state index is -0.227. The van der Waals surface area contributed by atoms with Crippen LogP contribution in [0.3, 0.4) is 0 Å². The van der Waals surface area contributed by atoms with Crippen LogP contribution in [0, 0.1) is 5.82 Å². The molecule has 2 N–H and O–H groups in total. The van der Waals surface area contributed by atoms with E-state index in [1.54, 1.807) is 19.2 Å². The van der Waals surface area contributed by atoms with E-state index in [-0.39, 0.29) is 17.8 Å². The van der Waals surface area contributed by atoms with Crippen molar-refractivity contribution in [2.24, 2.45) is 0 Å². The highest BCUT2D eigenvalue weighted by molar-refractivity contribution is 5.96. The molecule has 6 heteroatoms. The zero-order valence-corrected chi connectivity index (χ0v) is 17.2. The first-order valence-electron chi connectivity index (χ1n) is 10.4. The van der Waals surface area contributed by atoms with Crippen LogP contribution in [0.25, 0.3) is 0 Å². The molecule has 0 unspecified atom stereocenters. The van der Waals surface area contributed by atoms with Gasteiger partial charge < -0.3 is 19.4 Å². The van der Waals surface area contributed by atoms with E-state index in [0.717, 1.165) is 56.1 Å². The second kappa shape index (κ2) is 8.51. The monoisotopic (exact) mass is 399 g/mol. The summed E-state index contributed by atoms with van der Waals surface area (Å²) in [5.74, 6) is 0.730. The molecule has 4 rings (SSSR count). The molecule has 1 saturated heterocycles. The van der Waals surface area contributed by atoms with E-state index in [2.05, 4.69) is 19.1 Å². The van der Waals surface area contributed by atoms with Crippen LogP contribution in [0.5, 0.6) is 5.75 Å². The Balaban J connectivity index is 1.33. The number of hydrogen-bond donors (Lipinski definition) is 2. The van der Waals surface area contributed by atoms with Gasteiger partial charge in [-0.05, 0) is 43.2 Å². The van der Waals surface area contributed by atoms with Crippen LogP contribution in [0.15, 0.2) is 42.5 Å². The van der Waals surface area contributed by atoms with Gasteiger partial charge in [-0.1, -0.05) is 18.2 Å². The molecule has 2 aliphatic rings. The maximum Gasteiger partial charge on any atom is 0.282 e. The van der Waals surface area contributed by atoms with Crippen LogP contribution >= 0.6 is 0 Å². The molecule has 2 aromatic rings. The van der Waals surface area contributed by atoms with Crippen molar-refractivity contribution < 1.29 is 23.7 Å². The van der Waals surface area contributed by atoms with Gasteiger partial charge >= 0.3 is 0 Å². The van der Waals surface area contributed by atoms with Gasteiger partial charge in [0.1, 0.15) is 44.3 Å². The van der Waals surface area contributed by atoms with Crippen LogP contribution in [-0.4, -0.2) is 51.8 Å². The largest absolute Gasteiger partial charge is 0.496 e. The van der Waals surface area contributed by atoms with Crippen molar-refractivity contribution in [2.75, 3.05) is 44.7 Å². The number of rotatable bonds is 5. The van der Waals surface area contributed by atoms with Crippen LogP contribution in [0.2, 0.25) is 0 Å². The number of nitrogens with one attached hydrogen (secondary N) is 2. The van der Waals surface area contributed by atoms with Crippen LogP contribution in [0.4, 0.5) is 10.1 Å². The molecule has 5 nitrogen and oxygen atoms in total. The minimum Gasteiger partial charge on any atom is -0.496 e. The summed E-state index contributed by atoms with van der Waals surface area (Å²) in [6.07, 6.45) is 0.935. The van der Waals surface area contributed by atoms with Gasteiger partial charge in [0.15, 0.2) is 6.54 Å². The summed E-state index contributed by atoms with van der Waals surface area (Å²) in [7, 11) is 1.62. The Labute approximate surface area is 171 Å². The number of halogens is 1. The standard InChI is InChI=1S/C23H28FN3O2/c1-17-13-18-5-3-4-6-21(18)27(17)23(28)16-26-11-9-25(10-12-26)15-19-14-20(24)7-8-22(19)29-2/h3-8,14,17H,9-13,15-16H2,1-2H3/p+2/t17-/m1/s1. The Morgan fingerprint density at radius 1 is 1.14 bits per heavy atom. The molecule has 2 aromatic carbocycles. The maximum absolute atomic E-state index is 13.6. The van der Waals surface area contributed by atoms with Gasteiger partial charge in [-0.15, -0.1) is 0 Å². The second-order valence-corrected chi connectivity index (χ2v) is 8.26. The Kier molecular flexibility index (Phi) is 5.83. The summed E-state index contributed by atoms with van der Waals surface area (Å²) in [5, 5.41) is 0. The smallest absolute Gasteiger partial charge is 0.282 e. The van der Waals surface area contributed by atoms with Crippen molar-refractivity contribution in [3.8, 4) is 5.75 Å². The van der Waals surface area contributed by atoms with Gasteiger partial charge in [-0.3, -0.25) is 4.79 Å². The molecule has 2 heterocycles. The number of carbonyl (C=O) groups is 1. The third kappa shape index (κ3) is 4.28. The number of quaternary nitrogens is 2. The lowest BCUT2D eigenvalue weighted by atomic mass is 10.1. The van der Waals surface area contributed by atoms with Crippen molar-refractivity contribution in [1.29, 1.82) is 0 Å². The molecule has 2 aliphatic heterocycles. The van der Waals surface area contributed by atoms with Crippen molar-refractivity contribution in [3.05, 3.63) is 59.4 Å². The zero-order valence-electron chi connectivity index (χ0n) is 17.2. The summed E-state index contributed by atoms with van der Waals surface area (Å²) < 4.78 is 19.0. The van der Waals surface area contributed by atoms with Crippen molar-refractivity contribution in [2.45, 2.75) is 25.9 Å². The molecule has 0 bridgehead atoms. The third-order valence-electron chi connectivity index (χ3n) is 6.22. The molecule has 0 radical (unpaired) electrons. The average molecular weight is 400 g/mol. The molecule has 0 aromatic heterocycles. The first kappa shape index (κ1) is 19.9. The molecule has 1 amide bonds. The number of amides is 1. The Bertz CT molecular complexity index is 880. The molecule has 154 valence electrons. The summed E-state index contributed by atoms with van der Waals surface area (Å²) in [6.45, 7) is 7.24. The summed E-state index contributed by atoms with van der Waals surface area (Å²) in [4.78, 5) is 17.7. The van der Waals surface area contributed by atoms with E-state index in [9.17, 15) is 9.18 Å². The van der Waals surface area contributed by atoms with Crippen molar-refractivity contribution in [1.82, 2.24) is 0 Å². The highest BCUT2D eigenvalue weighted by Gasteiger charge is 2.34. The fourth-order valence-corrected chi connectivity index (χ4v) is 4.71. The van der Waals surface area contributed by atoms with Gasteiger partial charge in [0.25, 0.3) is 5.91 Å². The molecular weight excluding hydrogens is 369 g/mol. The van der Waals surface area contributed by atoms with E-state index in [4.69, 9.17) is 4.74 Å². The molecular formula is C23H30FN3O2+2. The lowest BCUT2D eigenvalue weighted by Crippen LogP contribution is -3.28. The summed E-state index contributed by atoms with van der Waals surface area (Å²) in [6, 6.07) is 13.2. The summed E-state index contributed by atoms with van der Waals surface area (Å²) in [5.41, 5.74) is 3.25. The molecule has 29 heavy (non-hydrogen) atoms. The maximum atomic E-state index is 13.6. The van der Waals surface area contributed by atoms with Gasteiger partial charge in [-0.2, -0.15) is 0 Å². The van der Waals surface area contributed by atoms with E-state index >= 15 is 0 Å². The minimum absolute atomic E-state index is 0.215. The van der Waals surface area contributed by atoms with Gasteiger partial charge in [0.05, 0.1) is 12.7 Å². The van der Waals surface area contributed by atoms with Crippen LogP contribution in [-0.2, 0) is 17.8 Å². The zero-order chi connectivity index (χ0) is 20.4. The normalized spacial score (nSPS) is 23.7. The Hall–Kier alpha value is -2.44. The van der Waals surface area contributed by atoms with Crippen molar-refractivity contribution in [3.63, 3.8) is 0 Å². The predicted molar refractivity (Wildman–Crippen MR) is 110 cm³/mol. The molecule has 0 spiro atoms. The summed E-state index contributed by atoms with van der Waals surface area (Å²) >= 11 is 0. The van der Waals surface area contributed by atoms with E-state index in [1.165, 1.54) is 21.4 Å². The Morgan fingerprint density at radius 2 is 1.86 bits per heavy atom. The van der Waals surface area contributed by atoms with E-state index in [0.29, 0.717) is 6.54 Å². The average Bonchev–Trinajstić information content (AvgIpc) is 3.05. The topological polar surface area (TPSA) is 38.4 Å². The van der Waals surface area contributed by atoms with Gasteiger partial charge in [-0.25, -0.2) is 4.39 Å². The highest BCUT2D eigenvalue weighted by Crippen LogP contribution is 2.31. The molecule has 1 fully saturated rings. The van der Waals surface area contributed by atoms with Gasteiger partial charge in [0.2, 0.25) is 0 Å². The quantitative estimate of drug-likeness (QED) is 0.748. The van der Waals surface area contributed by atoms with E-state index in [1.807, 2.05) is 17.0 Å². The number of piperazine rings is 1. The number of carbonyl (C=O) groups excluding carboxylic acids is 1. The predicted octanol–water partition coefficient (Wildman–Crippen LogP) is 0.0955. The number of nitrogens with zero attached hydrogens (tertiary/aromatic N) is 1. The van der Waals surface area contributed by atoms with Gasteiger partial charge in [0, 0.05) is 11.7 Å². The number of para-hydroxylation sites is 1. The number of anilines is 1. The van der Waals surface area contributed by atoms with E-state index < -0.39 is 0 Å². The number of ether oxygens (including phenoxy) is 1. The molecule has 1 atom stereocenters. The van der Waals surface area contributed by atoms with Crippen LogP contribution < -0.4 is 19.4 Å². The Morgan fingerprint density at radius 3 is 2.62 bits per heavy atom. The first-order valence-corrected chi connectivity index (χ1v) is 10.4. The molecule has 0 saturated carbocycles. The number of fused-ring (bicyclic) bond motifs is 1. The SMILES string of the molecule is COc1ccc(F)cc1C[NH+]1CC[NH+](CC(=O)N2c3ccccc3C[C@H]2C)CC1. The molecule has 0 aliphatic carbocycles. The number of methoxy groups -OCH3 is 1. The second-order valence-electron chi connectivity index (χ2n) is 8.26. The lowest BCUT2D eigenvalue weighted by molar-refractivity contribution is -1.02.